The molecule has 1 heterocycles. The van der Waals surface area contributed by atoms with Crippen molar-refractivity contribution >= 4 is 29.0 Å². The lowest BCUT2D eigenvalue weighted by atomic mass is 9.64. The number of fused-ring (bicyclic) bond motifs is 1. The first-order valence-corrected chi connectivity index (χ1v) is 7.11. The molecule has 2 aromatic carbocycles. The van der Waals surface area contributed by atoms with Crippen LogP contribution in [0.15, 0.2) is 48.7 Å². The number of rotatable bonds is 3. The molecule has 0 amide bonds. The Hall–Kier alpha value is -2.53. The number of benzene rings is 2. The van der Waals surface area contributed by atoms with Gasteiger partial charge in [0.05, 0.1) is 12.6 Å². The molecule has 0 aliphatic carbocycles. The van der Waals surface area contributed by atoms with E-state index in [1.54, 1.807) is 26.2 Å². The second-order valence-electron chi connectivity index (χ2n) is 5.27. The Balaban J connectivity index is 2.21. The quantitative estimate of drug-likeness (QED) is 0.727. The van der Waals surface area contributed by atoms with Gasteiger partial charge in [-0.05, 0) is 35.3 Å². The van der Waals surface area contributed by atoms with Crippen LogP contribution in [0.25, 0.3) is 22.0 Å². The number of hydrogen-bond donors (Lipinski definition) is 2. The van der Waals surface area contributed by atoms with Gasteiger partial charge in [-0.25, -0.2) is 0 Å². The highest BCUT2D eigenvalue weighted by atomic mass is 16.5. The average molecular weight is 292 g/mol. The summed E-state index contributed by atoms with van der Waals surface area (Å²) >= 11 is 0. The van der Waals surface area contributed by atoms with Gasteiger partial charge in [-0.1, -0.05) is 25.0 Å². The molecule has 0 saturated carbocycles. The maximum absolute atomic E-state index is 9.80. The van der Waals surface area contributed by atoms with Crippen LogP contribution in [-0.4, -0.2) is 24.0 Å². The standard InChI is InChI=1S/C17H17BN2O2/c1-18(21)12-4-6-17(22-2)13(10-12)11-3-5-16-14(9-11)15(19)7-8-20-16/h3-10,21H,1-2H3,(H2,19,20). The van der Waals surface area contributed by atoms with E-state index in [1.165, 1.54) is 0 Å². The van der Waals surface area contributed by atoms with E-state index in [-0.39, 0.29) is 0 Å². The van der Waals surface area contributed by atoms with Crippen molar-refractivity contribution in [1.82, 2.24) is 4.98 Å². The zero-order chi connectivity index (χ0) is 15.7. The first-order valence-electron chi connectivity index (χ1n) is 7.11. The normalized spacial score (nSPS) is 10.7. The Morgan fingerprint density at radius 2 is 1.95 bits per heavy atom. The second-order valence-corrected chi connectivity index (χ2v) is 5.27. The van der Waals surface area contributed by atoms with Crippen molar-refractivity contribution in [3.8, 4) is 16.9 Å². The Kier molecular flexibility index (Phi) is 3.73. The van der Waals surface area contributed by atoms with Gasteiger partial charge in [0.15, 0.2) is 0 Å². The minimum Gasteiger partial charge on any atom is -0.496 e. The molecule has 22 heavy (non-hydrogen) atoms. The Labute approximate surface area is 129 Å². The maximum Gasteiger partial charge on any atom is 0.320 e. The molecule has 5 heteroatoms. The van der Waals surface area contributed by atoms with Crippen molar-refractivity contribution in [1.29, 1.82) is 0 Å². The van der Waals surface area contributed by atoms with Crippen molar-refractivity contribution in [3.63, 3.8) is 0 Å². The van der Waals surface area contributed by atoms with Crippen molar-refractivity contribution in [2.24, 2.45) is 0 Å². The van der Waals surface area contributed by atoms with Crippen LogP contribution in [0.4, 0.5) is 5.69 Å². The Bertz CT molecular complexity index is 834. The van der Waals surface area contributed by atoms with E-state index in [0.29, 0.717) is 5.69 Å². The molecule has 1 aromatic heterocycles. The van der Waals surface area contributed by atoms with E-state index in [2.05, 4.69) is 4.98 Å². The lowest BCUT2D eigenvalue weighted by Gasteiger charge is -2.12. The molecular formula is C17H17BN2O2. The molecule has 0 radical (unpaired) electrons. The summed E-state index contributed by atoms with van der Waals surface area (Å²) in [6.45, 7) is 1.21. The van der Waals surface area contributed by atoms with Gasteiger partial charge in [-0.15, -0.1) is 0 Å². The fraction of sp³-hybridized carbons (Fsp3) is 0.118. The molecule has 0 unspecified atom stereocenters. The summed E-state index contributed by atoms with van der Waals surface area (Å²) in [7, 11) is 1.64. The lowest BCUT2D eigenvalue weighted by molar-refractivity contribution is 0.416. The molecule has 4 nitrogen and oxygen atoms in total. The number of nitrogen functional groups attached to an aromatic ring is 1. The number of hydrogen-bond acceptors (Lipinski definition) is 4. The summed E-state index contributed by atoms with van der Waals surface area (Å²) in [5.41, 5.74) is 10.3. The topological polar surface area (TPSA) is 68.4 Å². The van der Waals surface area contributed by atoms with Crippen LogP contribution in [0, 0.1) is 0 Å². The third kappa shape index (κ3) is 2.51. The monoisotopic (exact) mass is 292 g/mol. The zero-order valence-corrected chi connectivity index (χ0v) is 12.6. The van der Waals surface area contributed by atoms with Crippen LogP contribution in [0.2, 0.25) is 6.82 Å². The van der Waals surface area contributed by atoms with Crippen molar-refractivity contribution in [2.75, 3.05) is 12.8 Å². The van der Waals surface area contributed by atoms with Gasteiger partial charge in [-0.2, -0.15) is 0 Å². The summed E-state index contributed by atoms with van der Waals surface area (Å²) < 4.78 is 5.45. The Morgan fingerprint density at radius 1 is 1.14 bits per heavy atom. The third-order valence-electron chi connectivity index (χ3n) is 3.79. The van der Waals surface area contributed by atoms with Crippen LogP contribution < -0.4 is 15.9 Å². The summed E-state index contributed by atoms with van der Waals surface area (Å²) in [6, 6.07) is 13.4. The van der Waals surface area contributed by atoms with Gasteiger partial charge >= 0.3 is 6.92 Å². The van der Waals surface area contributed by atoms with E-state index in [4.69, 9.17) is 10.5 Å². The van der Waals surface area contributed by atoms with Gasteiger partial charge < -0.3 is 15.5 Å². The molecule has 3 N–H and O–H groups in total. The fourth-order valence-electron chi connectivity index (χ4n) is 2.55. The van der Waals surface area contributed by atoms with Crippen LogP contribution >= 0.6 is 0 Å². The number of ether oxygens (including phenoxy) is 1. The smallest absolute Gasteiger partial charge is 0.320 e. The molecule has 0 atom stereocenters. The van der Waals surface area contributed by atoms with Gasteiger partial charge in [-0.3, -0.25) is 4.98 Å². The van der Waals surface area contributed by atoms with Crippen LogP contribution in [0.5, 0.6) is 5.75 Å². The third-order valence-corrected chi connectivity index (χ3v) is 3.79. The van der Waals surface area contributed by atoms with Crippen LogP contribution in [-0.2, 0) is 0 Å². The van der Waals surface area contributed by atoms with Crippen molar-refractivity contribution < 1.29 is 9.76 Å². The van der Waals surface area contributed by atoms with Crippen molar-refractivity contribution in [2.45, 2.75) is 6.82 Å². The molecule has 3 aromatic rings. The highest BCUT2D eigenvalue weighted by molar-refractivity contribution is 6.64. The number of nitrogens with two attached hydrogens (primary N) is 1. The number of anilines is 1. The molecule has 0 saturated heterocycles. The number of methoxy groups -OCH3 is 1. The summed E-state index contributed by atoms with van der Waals surface area (Å²) in [6.07, 6.45) is 1.70. The van der Waals surface area contributed by atoms with Gasteiger partial charge in [0.1, 0.15) is 5.75 Å². The van der Waals surface area contributed by atoms with Gasteiger partial charge in [0.25, 0.3) is 0 Å². The Morgan fingerprint density at radius 3 is 2.68 bits per heavy atom. The summed E-state index contributed by atoms with van der Waals surface area (Å²) in [5, 5.41) is 10.7. The average Bonchev–Trinajstić information content (AvgIpc) is 2.54. The van der Waals surface area contributed by atoms with Gasteiger partial charge in [0, 0.05) is 22.8 Å². The molecule has 0 fully saturated rings. The van der Waals surface area contributed by atoms with Crippen molar-refractivity contribution in [3.05, 3.63) is 48.7 Å². The first-order chi connectivity index (χ1) is 10.6. The predicted octanol–water partition coefficient (Wildman–Crippen LogP) is 2.31. The molecule has 0 spiro atoms. The molecular weight excluding hydrogens is 275 g/mol. The minimum atomic E-state index is -0.531. The second kappa shape index (κ2) is 5.69. The van der Waals surface area contributed by atoms with Gasteiger partial charge in [0.2, 0.25) is 0 Å². The number of pyridine rings is 1. The summed E-state index contributed by atoms with van der Waals surface area (Å²) in [4.78, 5) is 4.31. The largest absolute Gasteiger partial charge is 0.496 e. The predicted molar refractivity (Wildman–Crippen MR) is 91.6 cm³/mol. The van der Waals surface area contributed by atoms with Crippen LogP contribution in [0.1, 0.15) is 0 Å². The van der Waals surface area contributed by atoms with E-state index < -0.39 is 6.92 Å². The molecule has 0 aliphatic rings. The summed E-state index contributed by atoms with van der Waals surface area (Å²) in [5.74, 6) is 0.756. The highest BCUT2D eigenvalue weighted by Crippen LogP contribution is 2.32. The highest BCUT2D eigenvalue weighted by Gasteiger charge is 2.13. The lowest BCUT2D eigenvalue weighted by Crippen LogP contribution is -2.26. The maximum atomic E-state index is 9.80. The van der Waals surface area contributed by atoms with E-state index in [9.17, 15) is 5.02 Å². The van der Waals surface area contributed by atoms with Crippen LogP contribution in [0.3, 0.4) is 0 Å². The number of aromatic nitrogens is 1. The number of nitrogens with zero attached hydrogens (tertiary/aromatic N) is 1. The molecule has 0 bridgehead atoms. The molecule has 3 rings (SSSR count). The SMILES string of the molecule is COc1ccc(B(C)O)cc1-c1ccc2nccc(N)c2c1. The van der Waals surface area contributed by atoms with E-state index in [1.807, 2.05) is 36.4 Å². The van der Waals surface area contributed by atoms with E-state index in [0.717, 1.165) is 33.2 Å². The fourth-order valence-corrected chi connectivity index (χ4v) is 2.55. The molecule has 110 valence electrons. The molecule has 0 aliphatic heterocycles. The van der Waals surface area contributed by atoms with E-state index >= 15 is 0 Å². The first kappa shape index (κ1) is 14.4. The zero-order valence-electron chi connectivity index (χ0n) is 12.6. The minimum absolute atomic E-state index is 0.531.